The maximum absolute atomic E-state index is 11.8. The van der Waals surface area contributed by atoms with Gasteiger partial charge in [-0.15, -0.1) is 11.8 Å². The molecule has 1 aliphatic rings. The third-order valence-electron chi connectivity index (χ3n) is 4.67. The van der Waals surface area contributed by atoms with Gasteiger partial charge in [0.05, 0.1) is 13.3 Å². The molecule has 0 amide bonds. The fourth-order valence-electron chi connectivity index (χ4n) is 3.38. The summed E-state index contributed by atoms with van der Waals surface area (Å²) in [6.07, 6.45) is 0.541. The Labute approximate surface area is 195 Å². The van der Waals surface area contributed by atoms with Crippen molar-refractivity contribution in [3.63, 3.8) is 0 Å². The largest absolute Gasteiger partial charge is 0.495 e. The SMILES string of the molecule is COc1cncc(-c2cccc(O[C@H]3SC[C@@H](OC(C)=O)[C@H](OC(C)=O)[C@H]3OC(C)=O)c2)c1. The van der Waals surface area contributed by atoms with Gasteiger partial charge in [0.2, 0.25) is 0 Å². The number of benzene rings is 1. The Morgan fingerprint density at radius 2 is 1.55 bits per heavy atom. The predicted molar refractivity (Wildman–Crippen MR) is 120 cm³/mol. The molecule has 0 bridgehead atoms. The molecule has 1 aromatic carbocycles. The average Bonchev–Trinajstić information content (AvgIpc) is 2.77. The zero-order chi connectivity index (χ0) is 24.0. The number of carbonyl (C=O) groups excluding carboxylic acids is 3. The average molecular weight is 476 g/mol. The van der Waals surface area contributed by atoms with Crippen LogP contribution in [0.2, 0.25) is 0 Å². The molecular weight excluding hydrogens is 450 g/mol. The summed E-state index contributed by atoms with van der Waals surface area (Å²) in [5, 5.41) is 0. The van der Waals surface area contributed by atoms with Crippen LogP contribution in [0.5, 0.6) is 11.5 Å². The number of thioether (sulfide) groups is 1. The van der Waals surface area contributed by atoms with E-state index in [9.17, 15) is 14.4 Å². The highest BCUT2D eigenvalue weighted by atomic mass is 32.2. The molecule has 2 heterocycles. The van der Waals surface area contributed by atoms with E-state index in [1.807, 2.05) is 24.3 Å². The molecule has 4 atom stereocenters. The van der Waals surface area contributed by atoms with Crippen LogP contribution < -0.4 is 9.47 Å². The summed E-state index contributed by atoms with van der Waals surface area (Å²) < 4.78 is 27.6. The van der Waals surface area contributed by atoms with Gasteiger partial charge >= 0.3 is 17.9 Å². The Morgan fingerprint density at radius 1 is 0.879 bits per heavy atom. The van der Waals surface area contributed by atoms with Crippen LogP contribution in [-0.2, 0) is 28.6 Å². The lowest BCUT2D eigenvalue weighted by Crippen LogP contribution is -2.55. The van der Waals surface area contributed by atoms with Crippen molar-refractivity contribution in [3.05, 3.63) is 42.7 Å². The Balaban J connectivity index is 1.87. The van der Waals surface area contributed by atoms with Gasteiger partial charge in [0.25, 0.3) is 0 Å². The number of hydrogen-bond donors (Lipinski definition) is 0. The normalized spacial score (nSPS) is 22.1. The van der Waals surface area contributed by atoms with E-state index in [2.05, 4.69) is 4.98 Å². The molecule has 0 aliphatic carbocycles. The van der Waals surface area contributed by atoms with Crippen molar-refractivity contribution >= 4 is 29.7 Å². The van der Waals surface area contributed by atoms with Crippen molar-refractivity contribution in [2.75, 3.05) is 12.9 Å². The number of pyridine rings is 1. The van der Waals surface area contributed by atoms with Crippen LogP contribution in [0.4, 0.5) is 0 Å². The van der Waals surface area contributed by atoms with Gasteiger partial charge in [-0.1, -0.05) is 12.1 Å². The van der Waals surface area contributed by atoms with Crippen molar-refractivity contribution < 1.29 is 38.1 Å². The molecule has 0 radical (unpaired) electrons. The Bertz CT molecular complexity index is 1010. The minimum absolute atomic E-state index is 0.291. The fourth-order valence-corrected chi connectivity index (χ4v) is 4.60. The number of nitrogens with zero attached hydrogens (tertiary/aromatic N) is 1. The zero-order valence-electron chi connectivity index (χ0n) is 18.7. The highest BCUT2D eigenvalue weighted by Crippen LogP contribution is 2.35. The first-order valence-electron chi connectivity index (χ1n) is 10.2. The Kier molecular flexibility index (Phi) is 8.16. The molecule has 3 rings (SSSR count). The molecule has 0 N–H and O–H groups in total. The number of carbonyl (C=O) groups is 3. The monoisotopic (exact) mass is 475 g/mol. The van der Waals surface area contributed by atoms with Crippen LogP contribution in [-0.4, -0.2) is 59.5 Å². The van der Waals surface area contributed by atoms with Gasteiger partial charge in [-0.05, 0) is 23.8 Å². The second-order valence-corrected chi connectivity index (χ2v) is 8.39. The fraction of sp³-hybridized carbons (Fsp3) is 0.391. The van der Waals surface area contributed by atoms with E-state index in [1.165, 1.54) is 32.5 Å². The van der Waals surface area contributed by atoms with Crippen molar-refractivity contribution in [2.24, 2.45) is 0 Å². The number of methoxy groups -OCH3 is 1. The van der Waals surface area contributed by atoms with Crippen LogP contribution in [0.15, 0.2) is 42.7 Å². The van der Waals surface area contributed by atoms with Gasteiger partial charge in [-0.2, -0.15) is 0 Å². The highest BCUT2D eigenvalue weighted by molar-refractivity contribution is 7.99. The van der Waals surface area contributed by atoms with E-state index >= 15 is 0 Å². The van der Waals surface area contributed by atoms with E-state index < -0.39 is 41.7 Å². The van der Waals surface area contributed by atoms with Crippen molar-refractivity contribution in [1.29, 1.82) is 0 Å². The van der Waals surface area contributed by atoms with E-state index in [0.29, 0.717) is 17.3 Å². The van der Waals surface area contributed by atoms with Crippen LogP contribution in [0, 0.1) is 0 Å². The van der Waals surface area contributed by atoms with E-state index in [0.717, 1.165) is 11.1 Å². The quantitative estimate of drug-likeness (QED) is 0.438. The number of aromatic nitrogens is 1. The molecule has 0 saturated carbocycles. The maximum atomic E-state index is 11.8. The number of esters is 3. The molecule has 9 nitrogen and oxygen atoms in total. The molecule has 0 unspecified atom stereocenters. The van der Waals surface area contributed by atoms with Gasteiger partial charge < -0.3 is 23.7 Å². The molecule has 10 heteroatoms. The minimum Gasteiger partial charge on any atom is -0.495 e. The smallest absolute Gasteiger partial charge is 0.303 e. The molecule has 1 aromatic heterocycles. The van der Waals surface area contributed by atoms with Crippen LogP contribution in [0.25, 0.3) is 11.1 Å². The number of hydrogen-bond acceptors (Lipinski definition) is 10. The highest BCUT2D eigenvalue weighted by Gasteiger charge is 2.47. The molecular formula is C23H25NO8S. The Hall–Kier alpha value is -3.27. The minimum atomic E-state index is -1.01. The van der Waals surface area contributed by atoms with Gasteiger partial charge in [0, 0.05) is 38.3 Å². The molecule has 1 fully saturated rings. The van der Waals surface area contributed by atoms with E-state index in [-0.39, 0.29) is 0 Å². The number of ether oxygens (including phenoxy) is 5. The summed E-state index contributed by atoms with van der Waals surface area (Å²) >= 11 is 1.30. The second kappa shape index (κ2) is 11.0. The number of rotatable bonds is 7. The molecule has 0 spiro atoms. The van der Waals surface area contributed by atoms with Crippen molar-refractivity contribution in [2.45, 2.75) is 44.5 Å². The standard InChI is InChI=1S/C23H25NO8S/c1-13(25)29-20-12-33-23(22(31-15(3)27)21(20)30-14(2)26)32-18-7-5-6-16(8-18)17-9-19(28-4)11-24-10-17/h5-11,20-23H,12H2,1-4H3/t20-,21+,22-,23+/m1/s1. The topological polar surface area (TPSA) is 110 Å². The first kappa shape index (κ1) is 24.4. The molecule has 176 valence electrons. The maximum Gasteiger partial charge on any atom is 0.303 e. The summed E-state index contributed by atoms with van der Waals surface area (Å²) in [6, 6.07) is 9.16. The summed E-state index contributed by atoms with van der Waals surface area (Å²) in [5.41, 5.74) is 0.974. The van der Waals surface area contributed by atoms with Crippen molar-refractivity contribution in [3.8, 4) is 22.6 Å². The zero-order valence-corrected chi connectivity index (χ0v) is 19.5. The molecule has 1 saturated heterocycles. The summed E-state index contributed by atoms with van der Waals surface area (Å²) in [5.74, 6) is -0.272. The molecule has 1 aliphatic heterocycles. The van der Waals surface area contributed by atoms with Gasteiger partial charge in [0.1, 0.15) is 11.5 Å². The lowest BCUT2D eigenvalue weighted by molar-refractivity contribution is -0.186. The van der Waals surface area contributed by atoms with Crippen LogP contribution in [0.3, 0.4) is 0 Å². The van der Waals surface area contributed by atoms with Crippen LogP contribution in [0.1, 0.15) is 20.8 Å². The summed E-state index contributed by atoms with van der Waals surface area (Å²) in [4.78, 5) is 39.3. The van der Waals surface area contributed by atoms with Crippen LogP contribution >= 0.6 is 11.8 Å². The van der Waals surface area contributed by atoms with E-state index in [4.69, 9.17) is 23.7 Å². The van der Waals surface area contributed by atoms with Gasteiger partial charge in [-0.3, -0.25) is 19.4 Å². The third kappa shape index (κ3) is 6.61. The summed E-state index contributed by atoms with van der Waals surface area (Å²) in [6.45, 7) is 3.75. The van der Waals surface area contributed by atoms with Crippen molar-refractivity contribution in [1.82, 2.24) is 4.98 Å². The third-order valence-corrected chi connectivity index (χ3v) is 5.89. The first-order valence-corrected chi connectivity index (χ1v) is 11.2. The lowest BCUT2D eigenvalue weighted by atomic mass is 10.1. The lowest BCUT2D eigenvalue weighted by Gasteiger charge is -2.39. The molecule has 33 heavy (non-hydrogen) atoms. The predicted octanol–water partition coefficient (Wildman–Crippen LogP) is 3.00. The van der Waals surface area contributed by atoms with Gasteiger partial charge in [0.15, 0.2) is 23.7 Å². The second-order valence-electron chi connectivity index (χ2n) is 7.26. The molecule has 2 aromatic rings. The first-order chi connectivity index (χ1) is 15.8. The van der Waals surface area contributed by atoms with E-state index in [1.54, 1.807) is 25.6 Å². The van der Waals surface area contributed by atoms with Gasteiger partial charge in [-0.25, -0.2) is 0 Å². The summed E-state index contributed by atoms with van der Waals surface area (Å²) in [7, 11) is 1.57. The Morgan fingerprint density at radius 3 is 2.21 bits per heavy atom.